The Morgan fingerprint density at radius 2 is 1.86 bits per heavy atom. The van der Waals surface area contributed by atoms with E-state index in [0.29, 0.717) is 5.92 Å². The molecule has 0 heterocycles. The third-order valence-electron chi connectivity index (χ3n) is 3.17. The number of hydrogen-bond donors (Lipinski definition) is 1. The van der Waals surface area contributed by atoms with E-state index in [1.165, 1.54) is 31.2 Å². The van der Waals surface area contributed by atoms with E-state index in [2.05, 4.69) is 34.1 Å². The van der Waals surface area contributed by atoms with E-state index in [4.69, 9.17) is 5.73 Å². The topological polar surface area (TPSA) is 26.0 Å². The molecule has 0 radical (unpaired) electrons. The van der Waals surface area contributed by atoms with E-state index in [-0.39, 0.29) is 6.04 Å². The molecule has 1 nitrogen and oxygen atoms in total. The minimum Gasteiger partial charge on any atom is -0.324 e. The van der Waals surface area contributed by atoms with Crippen molar-refractivity contribution in [3.63, 3.8) is 0 Å². The van der Waals surface area contributed by atoms with Crippen molar-refractivity contribution in [2.75, 3.05) is 0 Å². The zero-order chi connectivity index (χ0) is 9.97. The maximum absolute atomic E-state index is 6.27. The Bertz CT molecular complexity index is 305. The van der Waals surface area contributed by atoms with Crippen LogP contribution in [0.5, 0.6) is 0 Å². The van der Waals surface area contributed by atoms with Crippen LogP contribution in [0.2, 0.25) is 0 Å². The second-order valence-corrected chi connectivity index (χ2v) is 4.95. The molecule has 1 aromatic rings. The second-order valence-electron chi connectivity index (χ2n) is 4.09. The highest BCUT2D eigenvalue weighted by Gasteiger charge is 2.24. The fourth-order valence-corrected chi connectivity index (χ4v) is 2.86. The largest absolute Gasteiger partial charge is 0.324 e. The molecule has 2 N–H and O–H groups in total. The molecule has 1 unspecified atom stereocenters. The first-order chi connectivity index (χ1) is 6.79. The van der Waals surface area contributed by atoms with Crippen molar-refractivity contribution < 1.29 is 0 Å². The lowest BCUT2D eigenvalue weighted by molar-refractivity contribution is 0.444. The highest BCUT2D eigenvalue weighted by Crippen LogP contribution is 2.36. The first kappa shape index (κ1) is 10.2. The normalized spacial score (nSPS) is 19.9. The van der Waals surface area contributed by atoms with E-state index in [0.717, 1.165) is 4.47 Å². The van der Waals surface area contributed by atoms with Gasteiger partial charge in [0.05, 0.1) is 0 Å². The number of benzene rings is 1. The predicted molar refractivity (Wildman–Crippen MR) is 63.0 cm³/mol. The monoisotopic (exact) mass is 253 g/mol. The van der Waals surface area contributed by atoms with Crippen LogP contribution in [0.25, 0.3) is 0 Å². The minimum atomic E-state index is 0.216. The Hall–Kier alpha value is -0.340. The van der Waals surface area contributed by atoms with Crippen molar-refractivity contribution in [1.29, 1.82) is 0 Å². The Kier molecular flexibility index (Phi) is 3.24. The summed E-state index contributed by atoms with van der Waals surface area (Å²) in [7, 11) is 0. The van der Waals surface area contributed by atoms with Crippen molar-refractivity contribution in [2.45, 2.75) is 31.7 Å². The summed E-state index contributed by atoms with van der Waals surface area (Å²) in [5.41, 5.74) is 7.53. The van der Waals surface area contributed by atoms with Gasteiger partial charge in [-0.25, -0.2) is 0 Å². The third-order valence-corrected chi connectivity index (χ3v) is 3.89. The zero-order valence-electron chi connectivity index (χ0n) is 8.25. The van der Waals surface area contributed by atoms with Gasteiger partial charge in [-0.2, -0.15) is 0 Å². The van der Waals surface area contributed by atoms with Crippen LogP contribution in [0, 0.1) is 5.92 Å². The molecule has 2 heteroatoms. The van der Waals surface area contributed by atoms with E-state index in [1.807, 2.05) is 6.07 Å². The summed E-state index contributed by atoms with van der Waals surface area (Å²) < 4.78 is 1.15. The molecular weight excluding hydrogens is 238 g/mol. The van der Waals surface area contributed by atoms with E-state index >= 15 is 0 Å². The lowest BCUT2D eigenvalue weighted by Crippen LogP contribution is -2.19. The number of rotatable bonds is 2. The molecular formula is C12H16BrN. The van der Waals surface area contributed by atoms with Gasteiger partial charge in [0.25, 0.3) is 0 Å². The van der Waals surface area contributed by atoms with Gasteiger partial charge in [-0.05, 0) is 30.4 Å². The lowest BCUT2D eigenvalue weighted by atomic mass is 9.93. The van der Waals surface area contributed by atoms with Gasteiger partial charge in [0, 0.05) is 10.5 Å². The van der Waals surface area contributed by atoms with Crippen molar-refractivity contribution in [1.82, 2.24) is 0 Å². The van der Waals surface area contributed by atoms with Crippen LogP contribution in [-0.4, -0.2) is 0 Å². The molecule has 1 fully saturated rings. The van der Waals surface area contributed by atoms with Crippen LogP contribution in [0.1, 0.15) is 37.3 Å². The van der Waals surface area contributed by atoms with Crippen LogP contribution in [0.4, 0.5) is 0 Å². The first-order valence-corrected chi connectivity index (χ1v) is 6.08. The molecule has 1 atom stereocenters. The Labute approximate surface area is 93.8 Å². The summed E-state index contributed by atoms with van der Waals surface area (Å²) in [4.78, 5) is 0. The molecule has 0 aromatic heterocycles. The van der Waals surface area contributed by atoms with Gasteiger partial charge >= 0.3 is 0 Å². The van der Waals surface area contributed by atoms with Crippen molar-refractivity contribution in [3.05, 3.63) is 34.3 Å². The molecule has 0 spiro atoms. The van der Waals surface area contributed by atoms with Crippen molar-refractivity contribution >= 4 is 15.9 Å². The van der Waals surface area contributed by atoms with Gasteiger partial charge in [-0.1, -0.05) is 47.0 Å². The Morgan fingerprint density at radius 3 is 2.50 bits per heavy atom. The number of hydrogen-bond acceptors (Lipinski definition) is 1. The standard InChI is InChI=1S/C12H16BrN/c13-11-8-4-3-7-10(11)12(14)9-5-1-2-6-9/h3-4,7-9,12H,1-2,5-6,14H2. The predicted octanol–water partition coefficient (Wildman–Crippen LogP) is 3.64. The second kappa shape index (κ2) is 4.45. The zero-order valence-corrected chi connectivity index (χ0v) is 9.83. The highest BCUT2D eigenvalue weighted by molar-refractivity contribution is 9.10. The van der Waals surface area contributed by atoms with Gasteiger partial charge < -0.3 is 5.73 Å². The van der Waals surface area contributed by atoms with Crippen LogP contribution in [0.3, 0.4) is 0 Å². The van der Waals surface area contributed by atoms with Gasteiger partial charge in [-0.15, -0.1) is 0 Å². The Morgan fingerprint density at radius 1 is 1.21 bits per heavy atom. The lowest BCUT2D eigenvalue weighted by Gasteiger charge is -2.20. The number of halogens is 1. The molecule has 0 aliphatic heterocycles. The minimum absolute atomic E-state index is 0.216. The fraction of sp³-hybridized carbons (Fsp3) is 0.500. The van der Waals surface area contributed by atoms with Gasteiger partial charge in [0.1, 0.15) is 0 Å². The van der Waals surface area contributed by atoms with Crippen LogP contribution < -0.4 is 5.73 Å². The van der Waals surface area contributed by atoms with Crippen molar-refractivity contribution in [2.24, 2.45) is 11.7 Å². The summed E-state index contributed by atoms with van der Waals surface area (Å²) in [5, 5.41) is 0. The molecule has 76 valence electrons. The molecule has 2 rings (SSSR count). The Balaban J connectivity index is 2.17. The molecule has 1 aromatic carbocycles. The highest BCUT2D eigenvalue weighted by atomic mass is 79.9. The smallest absolute Gasteiger partial charge is 0.0334 e. The van der Waals surface area contributed by atoms with Gasteiger partial charge in [0.15, 0.2) is 0 Å². The average molecular weight is 254 g/mol. The molecule has 1 aliphatic rings. The molecule has 0 bridgehead atoms. The van der Waals surface area contributed by atoms with Crippen LogP contribution in [0.15, 0.2) is 28.7 Å². The first-order valence-electron chi connectivity index (χ1n) is 5.29. The molecule has 0 amide bonds. The molecule has 1 aliphatic carbocycles. The molecule has 0 saturated heterocycles. The van der Waals surface area contributed by atoms with Crippen LogP contribution >= 0.6 is 15.9 Å². The average Bonchev–Trinajstić information content (AvgIpc) is 2.70. The van der Waals surface area contributed by atoms with Crippen LogP contribution in [-0.2, 0) is 0 Å². The van der Waals surface area contributed by atoms with E-state index in [9.17, 15) is 0 Å². The van der Waals surface area contributed by atoms with Gasteiger partial charge in [0.2, 0.25) is 0 Å². The van der Waals surface area contributed by atoms with E-state index in [1.54, 1.807) is 0 Å². The van der Waals surface area contributed by atoms with Gasteiger partial charge in [-0.3, -0.25) is 0 Å². The summed E-state index contributed by atoms with van der Waals surface area (Å²) >= 11 is 3.56. The van der Waals surface area contributed by atoms with E-state index < -0.39 is 0 Å². The third kappa shape index (κ3) is 2.01. The maximum Gasteiger partial charge on any atom is 0.0334 e. The summed E-state index contributed by atoms with van der Waals surface area (Å²) in [6, 6.07) is 8.52. The summed E-state index contributed by atoms with van der Waals surface area (Å²) in [6.45, 7) is 0. The maximum atomic E-state index is 6.27. The molecule has 1 saturated carbocycles. The summed E-state index contributed by atoms with van der Waals surface area (Å²) in [6.07, 6.45) is 5.29. The SMILES string of the molecule is NC(c1ccccc1Br)C1CCCC1. The fourth-order valence-electron chi connectivity index (χ4n) is 2.32. The summed E-state index contributed by atoms with van der Waals surface area (Å²) in [5.74, 6) is 0.689. The molecule has 14 heavy (non-hydrogen) atoms. The quantitative estimate of drug-likeness (QED) is 0.856. The van der Waals surface area contributed by atoms with Crippen molar-refractivity contribution in [3.8, 4) is 0 Å². The number of nitrogens with two attached hydrogens (primary N) is 1.